The van der Waals surface area contributed by atoms with Crippen LogP contribution in [0.4, 0.5) is 0 Å². The largest absolute Gasteiger partial charge is 0.480 e. The van der Waals surface area contributed by atoms with Crippen molar-refractivity contribution in [3.8, 4) is 0 Å². The standard InChI is InChI=1S/C6H11NO4S/c1-12-3-5(9)7-4(2-8)6(10)11/h4,8H,2-3H2,1H3,(H,7,9)(H,10,11)/t4-/m0/s1. The molecule has 0 rings (SSSR count). The minimum absolute atomic E-state index is 0.198. The number of thioether (sulfide) groups is 1. The fraction of sp³-hybridized carbons (Fsp3) is 0.667. The van der Waals surface area contributed by atoms with Crippen LogP contribution in [0, 0.1) is 0 Å². The Kier molecular flexibility index (Phi) is 5.48. The van der Waals surface area contributed by atoms with Gasteiger partial charge in [0.2, 0.25) is 5.91 Å². The number of carbonyl (C=O) groups excluding carboxylic acids is 1. The van der Waals surface area contributed by atoms with E-state index in [-0.39, 0.29) is 11.7 Å². The van der Waals surface area contributed by atoms with Crippen LogP contribution in [0.25, 0.3) is 0 Å². The van der Waals surface area contributed by atoms with Crippen molar-refractivity contribution < 1.29 is 19.8 Å². The normalized spacial score (nSPS) is 12.2. The maximum atomic E-state index is 10.8. The second kappa shape index (κ2) is 5.84. The molecule has 0 aliphatic heterocycles. The van der Waals surface area contributed by atoms with Gasteiger partial charge in [-0.1, -0.05) is 0 Å². The number of nitrogens with one attached hydrogen (secondary N) is 1. The lowest BCUT2D eigenvalue weighted by atomic mass is 10.3. The zero-order valence-corrected chi connectivity index (χ0v) is 7.43. The minimum atomic E-state index is -1.23. The molecule has 0 unspecified atom stereocenters. The minimum Gasteiger partial charge on any atom is -0.480 e. The number of aliphatic carboxylic acids is 1. The predicted molar refractivity (Wildman–Crippen MR) is 45.0 cm³/mol. The van der Waals surface area contributed by atoms with Gasteiger partial charge >= 0.3 is 5.97 Å². The molecule has 1 atom stereocenters. The van der Waals surface area contributed by atoms with Crippen molar-refractivity contribution in [1.82, 2.24) is 5.32 Å². The number of aliphatic hydroxyl groups is 1. The van der Waals surface area contributed by atoms with E-state index in [1.165, 1.54) is 11.8 Å². The zero-order valence-electron chi connectivity index (χ0n) is 6.61. The molecule has 0 aliphatic rings. The monoisotopic (exact) mass is 193 g/mol. The maximum absolute atomic E-state index is 10.8. The van der Waals surface area contributed by atoms with Crippen molar-refractivity contribution in [3.05, 3.63) is 0 Å². The summed E-state index contributed by atoms with van der Waals surface area (Å²) >= 11 is 1.29. The maximum Gasteiger partial charge on any atom is 0.328 e. The molecule has 70 valence electrons. The fourth-order valence-corrected chi connectivity index (χ4v) is 0.898. The van der Waals surface area contributed by atoms with E-state index in [0.29, 0.717) is 0 Å². The summed E-state index contributed by atoms with van der Waals surface area (Å²) < 4.78 is 0. The number of aliphatic hydroxyl groups excluding tert-OH is 1. The summed E-state index contributed by atoms with van der Waals surface area (Å²) in [6.45, 7) is -0.588. The Bertz CT molecular complexity index is 173. The predicted octanol–water partition coefficient (Wildman–Crippen LogP) is -1.09. The van der Waals surface area contributed by atoms with Gasteiger partial charge in [0, 0.05) is 0 Å². The van der Waals surface area contributed by atoms with E-state index in [1.807, 2.05) is 0 Å². The molecule has 0 fully saturated rings. The lowest BCUT2D eigenvalue weighted by molar-refractivity contribution is -0.142. The summed E-state index contributed by atoms with van der Waals surface area (Å²) in [7, 11) is 0. The van der Waals surface area contributed by atoms with Gasteiger partial charge in [-0.25, -0.2) is 4.79 Å². The Labute approximate surface area is 74.1 Å². The summed E-state index contributed by atoms with van der Waals surface area (Å²) in [5.74, 6) is -1.42. The van der Waals surface area contributed by atoms with Gasteiger partial charge in [-0.05, 0) is 6.26 Å². The van der Waals surface area contributed by atoms with Gasteiger partial charge in [-0.2, -0.15) is 11.8 Å². The highest BCUT2D eigenvalue weighted by Gasteiger charge is 2.17. The van der Waals surface area contributed by atoms with Gasteiger partial charge < -0.3 is 15.5 Å². The van der Waals surface area contributed by atoms with Gasteiger partial charge in [0.25, 0.3) is 0 Å². The zero-order chi connectivity index (χ0) is 9.56. The molecule has 3 N–H and O–H groups in total. The fourth-order valence-electron chi connectivity index (χ4n) is 0.553. The first kappa shape index (κ1) is 11.2. The van der Waals surface area contributed by atoms with Gasteiger partial charge in [0.1, 0.15) is 6.04 Å². The van der Waals surface area contributed by atoms with Crippen molar-refractivity contribution in [2.75, 3.05) is 18.6 Å². The Balaban J connectivity index is 3.85. The van der Waals surface area contributed by atoms with Crippen molar-refractivity contribution in [2.45, 2.75) is 6.04 Å². The Morgan fingerprint density at radius 1 is 1.58 bits per heavy atom. The molecule has 0 bridgehead atoms. The van der Waals surface area contributed by atoms with Gasteiger partial charge in [-0.15, -0.1) is 0 Å². The van der Waals surface area contributed by atoms with E-state index < -0.39 is 18.6 Å². The highest BCUT2D eigenvalue weighted by molar-refractivity contribution is 7.99. The number of amides is 1. The molecule has 1 amide bonds. The molecule has 0 spiro atoms. The number of carboxylic acid groups (broad SMARTS) is 1. The number of carbonyl (C=O) groups is 2. The van der Waals surface area contributed by atoms with Crippen LogP contribution in [0.2, 0.25) is 0 Å². The van der Waals surface area contributed by atoms with Crippen LogP contribution in [-0.4, -0.2) is 46.7 Å². The molecule has 0 heterocycles. The third-order valence-electron chi connectivity index (χ3n) is 1.09. The van der Waals surface area contributed by atoms with Crippen molar-refractivity contribution in [1.29, 1.82) is 0 Å². The van der Waals surface area contributed by atoms with Crippen LogP contribution in [0.1, 0.15) is 0 Å². The summed E-state index contributed by atoms with van der Waals surface area (Å²) in [4.78, 5) is 21.1. The highest BCUT2D eigenvalue weighted by atomic mass is 32.2. The Hall–Kier alpha value is -0.750. The van der Waals surface area contributed by atoms with E-state index in [2.05, 4.69) is 5.32 Å². The second-order valence-corrected chi connectivity index (χ2v) is 2.94. The lowest BCUT2D eigenvalue weighted by Crippen LogP contribution is -2.44. The van der Waals surface area contributed by atoms with Crippen LogP contribution in [0.5, 0.6) is 0 Å². The molecule has 12 heavy (non-hydrogen) atoms. The van der Waals surface area contributed by atoms with E-state index in [4.69, 9.17) is 10.2 Å². The third kappa shape index (κ3) is 4.20. The molecule has 0 radical (unpaired) electrons. The van der Waals surface area contributed by atoms with Gasteiger partial charge in [-0.3, -0.25) is 4.79 Å². The molecular weight excluding hydrogens is 182 g/mol. The van der Waals surface area contributed by atoms with E-state index in [9.17, 15) is 9.59 Å². The first-order valence-electron chi connectivity index (χ1n) is 3.23. The smallest absolute Gasteiger partial charge is 0.328 e. The summed E-state index contributed by atoms with van der Waals surface area (Å²) in [6.07, 6.45) is 1.73. The van der Waals surface area contributed by atoms with E-state index >= 15 is 0 Å². The molecule has 0 aromatic heterocycles. The quantitative estimate of drug-likeness (QED) is 0.516. The average Bonchev–Trinajstić information content (AvgIpc) is 2.00. The summed E-state index contributed by atoms with van der Waals surface area (Å²) in [5.41, 5.74) is 0. The van der Waals surface area contributed by atoms with E-state index in [1.54, 1.807) is 6.26 Å². The summed E-state index contributed by atoms with van der Waals surface area (Å²) in [5, 5.41) is 19.1. The molecular formula is C6H11NO4S. The van der Waals surface area contributed by atoms with Crippen molar-refractivity contribution >= 4 is 23.6 Å². The SMILES string of the molecule is CSCC(=O)N[C@@H](CO)C(=O)O. The van der Waals surface area contributed by atoms with Crippen molar-refractivity contribution in [2.24, 2.45) is 0 Å². The third-order valence-corrected chi connectivity index (χ3v) is 1.64. The van der Waals surface area contributed by atoms with Crippen LogP contribution in [0.3, 0.4) is 0 Å². The van der Waals surface area contributed by atoms with Gasteiger partial charge in [0.15, 0.2) is 0 Å². The molecule has 0 aromatic rings. The molecule has 6 heteroatoms. The molecule has 0 saturated heterocycles. The van der Waals surface area contributed by atoms with E-state index in [0.717, 1.165) is 0 Å². The molecule has 0 aromatic carbocycles. The number of hydrogen-bond donors (Lipinski definition) is 3. The van der Waals surface area contributed by atoms with Crippen LogP contribution >= 0.6 is 11.8 Å². The van der Waals surface area contributed by atoms with Crippen LogP contribution in [0.15, 0.2) is 0 Å². The number of carboxylic acids is 1. The average molecular weight is 193 g/mol. The Morgan fingerprint density at radius 2 is 2.17 bits per heavy atom. The first-order valence-corrected chi connectivity index (χ1v) is 4.63. The van der Waals surface area contributed by atoms with Gasteiger partial charge in [0.05, 0.1) is 12.4 Å². The molecule has 0 aliphatic carbocycles. The second-order valence-electron chi connectivity index (χ2n) is 2.07. The molecule has 5 nitrogen and oxygen atoms in total. The highest BCUT2D eigenvalue weighted by Crippen LogP contribution is 1.91. The lowest BCUT2D eigenvalue weighted by Gasteiger charge is -2.10. The summed E-state index contributed by atoms with van der Waals surface area (Å²) in [6, 6.07) is -1.19. The number of hydrogen-bond acceptors (Lipinski definition) is 4. The van der Waals surface area contributed by atoms with Crippen molar-refractivity contribution in [3.63, 3.8) is 0 Å². The van der Waals surface area contributed by atoms with Crippen LogP contribution < -0.4 is 5.32 Å². The topological polar surface area (TPSA) is 86.6 Å². The number of rotatable bonds is 5. The first-order chi connectivity index (χ1) is 5.61. The Morgan fingerprint density at radius 3 is 2.50 bits per heavy atom. The van der Waals surface area contributed by atoms with Crippen LogP contribution in [-0.2, 0) is 9.59 Å². The molecule has 0 saturated carbocycles.